The highest BCUT2D eigenvalue weighted by atomic mass is 79.9. The first-order valence-electron chi connectivity index (χ1n) is 6.65. The number of halogens is 1. The van der Waals surface area contributed by atoms with Crippen molar-refractivity contribution in [3.63, 3.8) is 0 Å². The Hall–Kier alpha value is -1.56. The average molecular weight is 352 g/mol. The van der Waals surface area contributed by atoms with Crippen molar-refractivity contribution in [1.82, 2.24) is 0 Å². The average Bonchev–Trinajstić information content (AvgIpc) is 2.50. The number of aliphatic hydroxyl groups is 2. The van der Waals surface area contributed by atoms with Gasteiger partial charge in [0.25, 0.3) is 0 Å². The molecule has 0 radical (unpaired) electrons. The molecule has 2 rings (SSSR count). The number of ether oxygens (including phenoxy) is 1. The Labute approximate surface area is 132 Å². The minimum absolute atomic E-state index is 0.491. The molecule has 0 aliphatic carbocycles. The van der Waals surface area contributed by atoms with Gasteiger partial charge in [-0.1, -0.05) is 28.1 Å². The minimum Gasteiger partial charge on any atom is -0.457 e. The van der Waals surface area contributed by atoms with Crippen LogP contribution in [0.4, 0.5) is 5.69 Å². The molecule has 0 aliphatic rings. The minimum atomic E-state index is -0.895. The van der Waals surface area contributed by atoms with E-state index in [0.29, 0.717) is 34.5 Å². The molecule has 2 atom stereocenters. The Morgan fingerprint density at radius 3 is 2.00 bits per heavy atom. The topological polar surface area (TPSA) is 75.7 Å². The van der Waals surface area contributed by atoms with Crippen molar-refractivity contribution in [2.75, 3.05) is 11.1 Å². The third-order valence-corrected chi connectivity index (χ3v) is 3.56. The SMILES string of the molecule is Nc1ccc(Oc2ccc(C(O)C(O)CCBr)cc2)cc1. The van der Waals surface area contributed by atoms with E-state index in [1.165, 1.54) is 0 Å². The molecule has 0 aromatic heterocycles. The molecule has 0 fully saturated rings. The standard InChI is InChI=1S/C16H18BrNO3/c17-10-9-15(19)16(20)11-1-5-13(6-2-11)21-14-7-3-12(18)4-8-14/h1-8,15-16,19-20H,9-10,18H2. The molecule has 0 amide bonds. The predicted molar refractivity (Wildman–Crippen MR) is 86.7 cm³/mol. The zero-order chi connectivity index (χ0) is 15.2. The first-order chi connectivity index (χ1) is 10.1. The third-order valence-electron chi connectivity index (χ3n) is 3.11. The van der Waals surface area contributed by atoms with Crippen LogP contribution in [0.1, 0.15) is 18.1 Å². The number of alkyl halides is 1. The van der Waals surface area contributed by atoms with Crippen LogP contribution in [0.25, 0.3) is 0 Å². The Bertz CT molecular complexity index is 557. The summed E-state index contributed by atoms with van der Waals surface area (Å²) >= 11 is 3.24. The lowest BCUT2D eigenvalue weighted by atomic mass is 10.0. The summed E-state index contributed by atoms with van der Waals surface area (Å²) in [6.07, 6.45) is -1.19. The van der Waals surface area contributed by atoms with Gasteiger partial charge >= 0.3 is 0 Å². The molecule has 2 aromatic rings. The van der Waals surface area contributed by atoms with Gasteiger partial charge in [-0.15, -0.1) is 0 Å². The molecule has 0 spiro atoms. The van der Waals surface area contributed by atoms with Gasteiger partial charge in [0.1, 0.15) is 17.6 Å². The molecule has 0 bridgehead atoms. The Morgan fingerprint density at radius 1 is 0.952 bits per heavy atom. The summed E-state index contributed by atoms with van der Waals surface area (Å²) < 4.78 is 5.67. The van der Waals surface area contributed by atoms with E-state index in [-0.39, 0.29) is 0 Å². The van der Waals surface area contributed by atoms with Crippen LogP contribution in [-0.4, -0.2) is 21.6 Å². The van der Waals surface area contributed by atoms with E-state index in [1.807, 2.05) is 0 Å². The first-order valence-corrected chi connectivity index (χ1v) is 7.78. The molecule has 21 heavy (non-hydrogen) atoms. The van der Waals surface area contributed by atoms with Crippen molar-refractivity contribution in [1.29, 1.82) is 0 Å². The Kier molecular flexibility index (Phi) is 5.61. The lowest BCUT2D eigenvalue weighted by Crippen LogP contribution is -2.18. The highest BCUT2D eigenvalue weighted by Gasteiger charge is 2.17. The van der Waals surface area contributed by atoms with Crippen molar-refractivity contribution in [3.05, 3.63) is 54.1 Å². The molecule has 5 heteroatoms. The van der Waals surface area contributed by atoms with Crippen LogP contribution >= 0.6 is 15.9 Å². The van der Waals surface area contributed by atoms with E-state index in [0.717, 1.165) is 0 Å². The quantitative estimate of drug-likeness (QED) is 0.551. The number of hydrogen-bond acceptors (Lipinski definition) is 4. The smallest absolute Gasteiger partial charge is 0.127 e. The maximum Gasteiger partial charge on any atom is 0.127 e. The van der Waals surface area contributed by atoms with E-state index >= 15 is 0 Å². The number of benzene rings is 2. The first kappa shape index (κ1) is 15.8. The maximum absolute atomic E-state index is 10.0. The summed E-state index contributed by atoms with van der Waals surface area (Å²) in [7, 11) is 0. The molecule has 4 N–H and O–H groups in total. The van der Waals surface area contributed by atoms with Gasteiger partial charge in [-0.3, -0.25) is 0 Å². The van der Waals surface area contributed by atoms with Gasteiger partial charge in [0, 0.05) is 11.0 Å². The second kappa shape index (κ2) is 7.45. The summed E-state index contributed by atoms with van der Waals surface area (Å²) in [5.41, 5.74) is 6.96. The fourth-order valence-electron chi connectivity index (χ4n) is 1.90. The van der Waals surface area contributed by atoms with E-state index in [2.05, 4.69) is 15.9 Å². The van der Waals surface area contributed by atoms with Crippen molar-refractivity contribution < 1.29 is 14.9 Å². The van der Waals surface area contributed by atoms with Crippen LogP contribution in [-0.2, 0) is 0 Å². The lowest BCUT2D eigenvalue weighted by Gasteiger charge is -2.17. The molecule has 0 aliphatic heterocycles. The van der Waals surface area contributed by atoms with Gasteiger partial charge in [-0.2, -0.15) is 0 Å². The van der Waals surface area contributed by atoms with Crippen molar-refractivity contribution >= 4 is 21.6 Å². The monoisotopic (exact) mass is 351 g/mol. The zero-order valence-electron chi connectivity index (χ0n) is 11.4. The highest BCUT2D eigenvalue weighted by molar-refractivity contribution is 9.09. The van der Waals surface area contributed by atoms with E-state index in [4.69, 9.17) is 10.5 Å². The molecular weight excluding hydrogens is 334 g/mol. The van der Waals surface area contributed by atoms with Crippen LogP contribution in [0.2, 0.25) is 0 Å². The van der Waals surface area contributed by atoms with E-state index in [9.17, 15) is 10.2 Å². The number of nitrogen functional groups attached to an aromatic ring is 1. The summed E-state index contributed by atoms with van der Waals surface area (Å²) in [5, 5.41) is 20.4. The van der Waals surface area contributed by atoms with Gasteiger partial charge in [0.2, 0.25) is 0 Å². The summed E-state index contributed by atoms with van der Waals surface area (Å²) in [5.74, 6) is 1.35. The fraction of sp³-hybridized carbons (Fsp3) is 0.250. The molecule has 0 saturated carbocycles. The number of rotatable bonds is 6. The summed E-state index contributed by atoms with van der Waals surface area (Å²) in [6.45, 7) is 0. The maximum atomic E-state index is 10.0. The second-order valence-corrected chi connectivity index (χ2v) is 5.52. The molecule has 112 valence electrons. The Balaban J connectivity index is 2.03. The second-order valence-electron chi connectivity index (χ2n) is 4.73. The van der Waals surface area contributed by atoms with Crippen molar-refractivity contribution in [3.8, 4) is 11.5 Å². The summed E-state index contributed by atoms with van der Waals surface area (Å²) in [4.78, 5) is 0. The molecule has 0 heterocycles. The number of anilines is 1. The van der Waals surface area contributed by atoms with Crippen LogP contribution in [0.5, 0.6) is 11.5 Å². The molecular formula is C16H18BrNO3. The van der Waals surface area contributed by atoms with Gasteiger partial charge in [0.15, 0.2) is 0 Å². The largest absolute Gasteiger partial charge is 0.457 e. The highest BCUT2D eigenvalue weighted by Crippen LogP contribution is 2.25. The number of aliphatic hydroxyl groups excluding tert-OH is 2. The van der Waals surface area contributed by atoms with E-state index < -0.39 is 12.2 Å². The molecule has 4 nitrogen and oxygen atoms in total. The van der Waals surface area contributed by atoms with Crippen molar-refractivity contribution in [2.45, 2.75) is 18.6 Å². The summed E-state index contributed by atoms with van der Waals surface area (Å²) in [6, 6.07) is 14.1. The molecule has 2 aromatic carbocycles. The van der Waals surface area contributed by atoms with Gasteiger partial charge in [-0.25, -0.2) is 0 Å². The number of hydrogen-bond donors (Lipinski definition) is 3. The van der Waals surface area contributed by atoms with Crippen LogP contribution < -0.4 is 10.5 Å². The fourth-order valence-corrected chi connectivity index (χ4v) is 2.37. The van der Waals surface area contributed by atoms with Gasteiger partial charge in [0.05, 0.1) is 6.10 Å². The normalized spacial score (nSPS) is 13.7. The zero-order valence-corrected chi connectivity index (χ0v) is 13.0. The predicted octanol–water partition coefficient (Wildman–Crippen LogP) is 3.24. The number of nitrogens with two attached hydrogens (primary N) is 1. The Morgan fingerprint density at radius 2 is 1.48 bits per heavy atom. The van der Waals surface area contributed by atoms with Crippen LogP contribution in [0, 0.1) is 0 Å². The van der Waals surface area contributed by atoms with Gasteiger partial charge < -0.3 is 20.7 Å². The third kappa shape index (κ3) is 4.46. The lowest BCUT2D eigenvalue weighted by molar-refractivity contribution is 0.0173. The molecule has 0 saturated heterocycles. The van der Waals surface area contributed by atoms with Crippen molar-refractivity contribution in [2.24, 2.45) is 0 Å². The van der Waals surface area contributed by atoms with Gasteiger partial charge in [-0.05, 0) is 48.4 Å². The molecule has 2 unspecified atom stereocenters. The van der Waals surface area contributed by atoms with Crippen LogP contribution in [0.3, 0.4) is 0 Å². The van der Waals surface area contributed by atoms with E-state index in [1.54, 1.807) is 48.5 Å². The van der Waals surface area contributed by atoms with Crippen LogP contribution in [0.15, 0.2) is 48.5 Å².